The lowest BCUT2D eigenvalue weighted by atomic mass is 10.1. The summed E-state index contributed by atoms with van der Waals surface area (Å²) in [6.45, 7) is 1.61. The normalized spacial score (nSPS) is 18.2. The lowest BCUT2D eigenvalue weighted by Gasteiger charge is -2.21. The first-order valence-electron chi connectivity index (χ1n) is 5.90. The number of nitrogens with one attached hydrogen (secondary N) is 1. The van der Waals surface area contributed by atoms with E-state index in [1.165, 1.54) is 0 Å². The number of carbonyl (C=O) groups is 1. The van der Waals surface area contributed by atoms with E-state index >= 15 is 0 Å². The molecule has 1 saturated heterocycles. The Bertz CT molecular complexity index is 408. The molecule has 0 aromatic heterocycles. The molecule has 1 atom stereocenters. The molecule has 5 heteroatoms. The molecule has 1 N–H and O–H groups in total. The van der Waals surface area contributed by atoms with Gasteiger partial charge in [0.15, 0.2) is 0 Å². The minimum atomic E-state index is 0. The molecule has 0 saturated carbocycles. The van der Waals surface area contributed by atoms with Crippen molar-refractivity contribution in [3.05, 3.63) is 34.3 Å². The number of carbonyl (C=O) groups excluding carboxylic acids is 1. The summed E-state index contributed by atoms with van der Waals surface area (Å²) in [7, 11) is 1.86. The summed E-state index contributed by atoms with van der Waals surface area (Å²) in [4.78, 5) is 13.9. The number of hydrogen-bond acceptors (Lipinski definition) is 2. The van der Waals surface area contributed by atoms with Crippen LogP contribution in [0.3, 0.4) is 0 Å². The Labute approximate surface area is 122 Å². The zero-order valence-electron chi connectivity index (χ0n) is 10.4. The molecule has 1 amide bonds. The van der Waals surface area contributed by atoms with Crippen LogP contribution in [-0.2, 0) is 11.3 Å². The summed E-state index contributed by atoms with van der Waals surface area (Å²) in [5.41, 5.74) is 1.14. The predicted molar refractivity (Wildman–Crippen MR) is 78.9 cm³/mol. The summed E-state index contributed by atoms with van der Waals surface area (Å²) in [6, 6.07) is 8.03. The van der Waals surface area contributed by atoms with Gasteiger partial charge in [-0.2, -0.15) is 0 Å². The molecule has 2 rings (SSSR count). The van der Waals surface area contributed by atoms with Gasteiger partial charge in [0, 0.05) is 18.1 Å². The first-order chi connectivity index (χ1) is 8.18. The van der Waals surface area contributed by atoms with E-state index in [1.807, 2.05) is 31.3 Å². The first kappa shape index (κ1) is 15.5. The summed E-state index contributed by atoms with van der Waals surface area (Å²) in [5, 5.41) is 3.23. The Morgan fingerprint density at radius 2 is 2.22 bits per heavy atom. The lowest BCUT2D eigenvalue weighted by Crippen LogP contribution is -2.41. The van der Waals surface area contributed by atoms with Crippen molar-refractivity contribution in [1.82, 2.24) is 10.2 Å². The third-order valence-corrected chi connectivity index (χ3v) is 3.87. The van der Waals surface area contributed by atoms with E-state index in [4.69, 9.17) is 0 Å². The first-order valence-corrected chi connectivity index (χ1v) is 6.69. The molecule has 0 bridgehead atoms. The van der Waals surface area contributed by atoms with Crippen LogP contribution in [0.1, 0.15) is 18.4 Å². The van der Waals surface area contributed by atoms with Gasteiger partial charge in [-0.05, 0) is 31.0 Å². The molecule has 1 aliphatic heterocycles. The van der Waals surface area contributed by atoms with Crippen LogP contribution in [0.5, 0.6) is 0 Å². The van der Waals surface area contributed by atoms with E-state index in [0.29, 0.717) is 6.54 Å². The summed E-state index contributed by atoms with van der Waals surface area (Å²) >= 11 is 3.50. The monoisotopic (exact) mass is 332 g/mol. The molecular weight excluding hydrogens is 316 g/mol. The zero-order valence-corrected chi connectivity index (χ0v) is 12.8. The van der Waals surface area contributed by atoms with Crippen molar-refractivity contribution in [2.45, 2.75) is 25.4 Å². The Kier molecular flexibility index (Phi) is 6.12. The van der Waals surface area contributed by atoms with Crippen molar-refractivity contribution in [3.63, 3.8) is 0 Å². The zero-order chi connectivity index (χ0) is 12.3. The van der Waals surface area contributed by atoms with Gasteiger partial charge in [0.2, 0.25) is 5.91 Å². The van der Waals surface area contributed by atoms with Gasteiger partial charge in [-0.15, -0.1) is 12.4 Å². The van der Waals surface area contributed by atoms with Crippen LogP contribution in [0.2, 0.25) is 0 Å². The minimum absolute atomic E-state index is 0. The number of likely N-dealkylation sites (N-methyl/N-ethyl adjacent to an activating group) is 1. The highest BCUT2D eigenvalue weighted by Gasteiger charge is 2.24. The third kappa shape index (κ3) is 3.70. The van der Waals surface area contributed by atoms with Crippen LogP contribution < -0.4 is 5.32 Å². The minimum Gasteiger partial charge on any atom is -0.340 e. The standard InChI is InChI=1S/C13H17BrN2O.ClH/c1-16(13(17)12-7-4-8-15-12)9-10-5-2-3-6-11(10)14;/h2-3,5-6,12,15H,4,7-9H2,1H3;1H. The van der Waals surface area contributed by atoms with Crippen molar-refractivity contribution >= 4 is 34.2 Å². The number of halogens is 2. The van der Waals surface area contributed by atoms with Crippen LogP contribution in [-0.4, -0.2) is 30.4 Å². The predicted octanol–water partition coefficient (Wildman–Crippen LogP) is 2.58. The highest BCUT2D eigenvalue weighted by Crippen LogP contribution is 2.18. The second kappa shape index (κ2) is 7.12. The summed E-state index contributed by atoms with van der Waals surface area (Å²) in [6.07, 6.45) is 2.05. The van der Waals surface area contributed by atoms with Crippen LogP contribution >= 0.6 is 28.3 Å². The quantitative estimate of drug-likeness (QED) is 0.922. The fourth-order valence-corrected chi connectivity index (χ4v) is 2.53. The van der Waals surface area contributed by atoms with Crippen molar-refractivity contribution in [2.75, 3.05) is 13.6 Å². The van der Waals surface area contributed by atoms with E-state index in [1.54, 1.807) is 4.90 Å². The van der Waals surface area contributed by atoms with Gasteiger partial charge in [0.1, 0.15) is 0 Å². The largest absolute Gasteiger partial charge is 0.340 e. The second-order valence-corrected chi connectivity index (χ2v) is 5.29. The Balaban J connectivity index is 0.00000162. The molecule has 1 unspecified atom stereocenters. The number of benzene rings is 1. The number of nitrogens with zero attached hydrogens (tertiary/aromatic N) is 1. The number of amides is 1. The van der Waals surface area contributed by atoms with E-state index < -0.39 is 0 Å². The molecule has 0 aliphatic carbocycles. The Morgan fingerprint density at radius 3 is 2.83 bits per heavy atom. The average molecular weight is 334 g/mol. The maximum absolute atomic E-state index is 12.1. The molecule has 1 fully saturated rings. The molecule has 100 valence electrons. The van der Waals surface area contributed by atoms with E-state index in [-0.39, 0.29) is 24.4 Å². The van der Waals surface area contributed by atoms with Gasteiger partial charge >= 0.3 is 0 Å². The molecule has 1 aromatic rings. The Hall–Kier alpha value is -0.580. The van der Waals surface area contributed by atoms with Crippen molar-refractivity contribution < 1.29 is 4.79 Å². The highest BCUT2D eigenvalue weighted by atomic mass is 79.9. The van der Waals surface area contributed by atoms with Gasteiger partial charge in [0.25, 0.3) is 0 Å². The van der Waals surface area contributed by atoms with Crippen LogP contribution in [0, 0.1) is 0 Å². The fourth-order valence-electron chi connectivity index (χ4n) is 2.12. The van der Waals surface area contributed by atoms with Crippen molar-refractivity contribution in [2.24, 2.45) is 0 Å². The van der Waals surface area contributed by atoms with Gasteiger partial charge in [-0.25, -0.2) is 0 Å². The SMILES string of the molecule is CN(Cc1ccccc1Br)C(=O)C1CCCN1.Cl. The molecule has 18 heavy (non-hydrogen) atoms. The topological polar surface area (TPSA) is 32.3 Å². The van der Waals surface area contributed by atoms with Crippen molar-refractivity contribution in [3.8, 4) is 0 Å². The van der Waals surface area contributed by atoms with Gasteiger partial charge in [-0.3, -0.25) is 4.79 Å². The smallest absolute Gasteiger partial charge is 0.239 e. The maximum Gasteiger partial charge on any atom is 0.239 e. The van der Waals surface area contributed by atoms with E-state index in [9.17, 15) is 4.79 Å². The third-order valence-electron chi connectivity index (χ3n) is 3.10. The molecule has 0 spiro atoms. The van der Waals surface area contributed by atoms with Crippen LogP contribution in [0.4, 0.5) is 0 Å². The van der Waals surface area contributed by atoms with E-state index in [2.05, 4.69) is 21.2 Å². The summed E-state index contributed by atoms with van der Waals surface area (Å²) in [5.74, 6) is 0.193. The summed E-state index contributed by atoms with van der Waals surface area (Å²) < 4.78 is 1.05. The Morgan fingerprint density at radius 1 is 1.50 bits per heavy atom. The molecular formula is C13H18BrClN2O. The fraction of sp³-hybridized carbons (Fsp3) is 0.462. The molecule has 1 aromatic carbocycles. The molecule has 0 radical (unpaired) electrons. The molecule has 3 nitrogen and oxygen atoms in total. The van der Waals surface area contributed by atoms with Crippen LogP contribution in [0.15, 0.2) is 28.7 Å². The van der Waals surface area contributed by atoms with Gasteiger partial charge < -0.3 is 10.2 Å². The molecule has 1 aliphatic rings. The number of rotatable bonds is 3. The highest BCUT2D eigenvalue weighted by molar-refractivity contribution is 9.10. The second-order valence-electron chi connectivity index (χ2n) is 4.43. The number of hydrogen-bond donors (Lipinski definition) is 1. The lowest BCUT2D eigenvalue weighted by molar-refractivity contribution is -0.132. The average Bonchev–Trinajstić information content (AvgIpc) is 2.84. The van der Waals surface area contributed by atoms with Gasteiger partial charge in [0.05, 0.1) is 6.04 Å². The maximum atomic E-state index is 12.1. The van der Waals surface area contributed by atoms with Crippen LogP contribution in [0.25, 0.3) is 0 Å². The van der Waals surface area contributed by atoms with Gasteiger partial charge in [-0.1, -0.05) is 34.1 Å². The van der Waals surface area contributed by atoms with Crippen molar-refractivity contribution in [1.29, 1.82) is 0 Å². The van der Waals surface area contributed by atoms with E-state index in [0.717, 1.165) is 29.4 Å². The molecule has 1 heterocycles.